The molecule has 1 N–H and O–H groups in total. The summed E-state index contributed by atoms with van der Waals surface area (Å²) in [6.07, 6.45) is 2.18. The van der Waals surface area contributed by atoms with Crippen molar-refractivity contribution in [2.24, 2.45) is 5.16 Å². The molecule has 3 aromatic rings. The highest BCUT2D eigenvalue weighted by atomic mass is 35.5. The third kappa shape index (κ3) is 5.30. The second-order valence-corrected chi connectivity index (χ2v) is 8.25. The van der Waals surface area contributed by atoms with Gasteiger partial charge in [-0.3, -0.25) is 9.78 Å². The highest BCUT2D eigenvalue weighted by molar-refractivity contribution is 6.30. The van der Waals surface area contributed by atoms with E-state index in [-0.39, 0.29) is 11.8 Å². The second kappa shape index (κ2) is 9.75. The lowest BCUT2D eigenvalue weighted by Crippen LogP contribution is -2.21. The van der Waals surface area contributed by atoms with Crippen molar-refractivity contribution in [2.75, 3.05) is 14.1 Å². The molecule has 3 rings (SSSR count). The van der Waals surface area contributed by atoms with Crippen LogP contribution in [0.2, 0.25) is 5.02 Å². The number of nitrogens with zero attached hydrogens (tertiary/aromatic N) is 3. The molecule has 0 saturated heterocycles. The predicted molar refractivity (Wildman–Crippen MR) is 124 cm³/mol. The average Bonchev–Trinajstić information content (AvgIpc) is 2.75. The minimum atomic E-state index is -0.0832. The van der Waals surface area contributed by atoms with E-state index in [1.165, 1.54) is 0 Å². The van der Waals surface area contributed by atoms with Crippen molar-refractivity contribution in [2.45, 2.75) is 26.2 Å². The molecular formula is C25H26ClN3O2. The number of hydrogen-bond acceptors (Lipinski definition) is 4. The van der Waals surface area contributed by atoms with Gasteiger partial charge in [-0.15, -0.1) is 0 Å². The fourth-order valence-corrected chi connectivity index (χ4v) is 3.92. The first kappa shape index (κ1) is 22.5. The van der Waals surface area contributed by atoms with E-state index in [4.69, 9.17) is 11.6 Å². The fourth-order valence-electron chi connectivity index (χ4n) is 3.69. The van der Waals surface area contributed by atoms with E-state index in [1.807, 2.05) is 68.4 Å². The fraction of sp³-hybridized carbons (Fsp3) is 0.240. The lowest BCUT2D eigenvalue weighted by atomic mass is 9.83. The highest BCUT2D eigenvalue weighted by Crippen LogP contribution is 2.33. The minimum absolute atomic E-state index is 0.0457. The van der Waals surface area contributed by atoms with Crippen LogP contribution in [0.1, 0.15) is 50.6 Å². The molecule has 0 aliphatic carbocycles. The summed E-state index contributed by atoms with van der Waals surface area (Å²) in [6.45, 7) is 3.92. The number of pyridine rings is 1. The first-order valence-corrected chi connectivity index (χ1v) is 10.4. The molecule has 160 valence electrons. The van der Waals surface area contributed by atoms with Crippen LogP contribution in [0.25, 0.3) is 0 Å². The monoisotopic (exact) mass is 435 g/mol. The first-order valence-electron chi connectivity index (χ1n) is 10.0. The lowest BCUT2D eigenvalue weighted by molar-refractivity contribution is 0.0827. The van der Waals surface area contributed by atoms with Gasteiger partial charge in [0.2, 0.25) is 0 Å². The average molecular weight is 436 g/mol. The number of amides is 1. The van der Waals surface area contributed by atoms with Crippen LogP contribution in [-0.2, 0) is 0 Å². The van der Waals surface area contributed by atoms with Crippen molar-refractivity contribution in [3.8, 4) is 0 Å². The minimum Gasteiger partial charge on any atom is -0.411 e. The molecule has 0 saturated carbocycles. The van der Waals surface area contributed by atoms with Gasteiger partial charge in [-0.1, -0.05) is 35.0 Å². The summed E-state index contributed by atoms with van der Waals surface area (Å²) < 4.78 is 0. The normalized spacial score (nSPS) is 12.5. The largest absolute Gasteiger partial charge is 0.411 e. The summed E-state index contributed by atoms with van der Waals surface area (Å²) in [6, 6.07) is 17.1. The Kier molecular flexibility index (Phi) is 7.08. The lowest BCUT2D eigenvalue weighted by Gasteiger charge is -2.22. The molecule has 2 aromatic carbocycles. The van der Waals surface area contributed by atoms with Gasteiger partial charge in [0.05, 0.1) is 5.71 Å². The molecule has 0 radical (unpaired) electrons. The summed E-state index contributed by atoms with van der Waals surface area (Å²) in [7, 11) is 3.47. The number of carbonyl (C=O) groups excluding carboxylic acids is 1. The third-order valence-electron chi connectivity index (χ3n) is 5.32. The van der Waals surface area contributed by atoms with E-state index in [0.717, 1.165) is 27.9 Å². The van der Waals surface area contributed by atoms with Gasteiger partial charge in [0, 0.05) is 54.5 Å². The first-order chi connectivity index (χ1) is 14.8. The summed E-state index contributed by atoms with van der Waals surface area (Å²) in [5.74, 6) is -0.129. The van der Waals surface area contributed by atoms with Crippen LogP contribution in [0.3, 0.4) is 0 Å². The zero-order chi connectivity index (χ0) is 22.5. The van der Waals surface area contributed by atoms with Crippen LogP contribution in [0.5, 0.6) is 0 Å². The number of halogens is 1. The molecule has 5 nitrogen and oxygen atoms in total. The number of rotatable bonds is 6. The van der Waals surface area contributed by atoms with Crippen molar-refractivity contribution in [3.63, 3.8) is 0 Å². The summed E-state index contributed by atoms with van der Waals surface area (Å²) in [5, 5.41) is 14.1. The Morgan fingerprint density at radius 1 is 1.06 bits per heavy atom. The molecule has 0 unspecified atom stereocenters. The molecule has 1 amide bonds. The number of oxime groups is 1. The summed E-state index contributed by atoms with van der Waals surface area (Å²) in [5.41, 5.74) is 6.03. The Balaban J connectivity index is 2.04. The topological polar surface area (TPSA) is 65.8 Å². The molecule has 0 aliphatic heterocycles. The Morgan fingerprint density at radius 2 is 1.77 bits per heavy atom. The number of aryl methyl sites for hydroxylation is 2. The second-order valence-electron chi connectivity index (χ2n) is 7.81. The van der Waals surface area contributed by atoms with Crippen molar-refractivity contribution in [1.29, 1.82) is 0 Å². The Hall–Kier alpha value is -3.18. The van der Waals surface area contributed by atoms with Crippen LogP contribution >= 0.6 is 11.6 Å². The van der Waals surface area contributed by atoms with Crippen LogP contribution < -0.4 is 0 Å². The Labute approximate surface area is 188 Å². The maximum atomic E-state index is 12.3. The van der Waals surface area contributed by atoms with E-state index in [1.54, 1.807) is 25.2 Å². The molecular weight excluding hydrogens is 410 g/mol. The molecule has 1 atom stereocenters. The Morgan fingerprint density at radius 3 is 2.35 bits per heavy atom. The smallest absolute Gasteiger partial charge is 0.253 e. The third-order valence-corrected chi connectivity index (χ3v) is 5.56. The predicted octanol–water partition coefficient (Wildman–Crippen LogP) is 5.45. The maximum Gasteiger partial charge on any atom is 0.253 e. The number of hydrogen-bond donors (Lipinski definition) is 1. The Bertz CT molecular complexity index is 1110. The van der Waals surface area contributed by atoms with Crippen molar-refractivity contribution in [1.82, 2.24) is 9.88 Å². The van der Waals surface area contributed by atoms with E-state index in [9.17, 15) is 10.0 Å². The van der Waals surface area contributed by atoms with Crippen molar-refractivity contribution < 1.29 is 10.0 Å². The van der Waals surface area contributed by atoms with Crippen molar-refractivity contribution >= 4 is 23.2 Å². The zero-order valence-corrected chi connectivity index (χ0v) is 18.9. The quantitative estimate of drug-likeness (QED) is 0.318. The van der Waals surface area contributed by atoms with Gasteiger partial charge in [0.15, 0.2) is 0 Å². The van der Waals surface area contributed by atoms with Gasteiger partial charge in [0.1, 0.15) is 0 Å². The van der Waals surface area contributed by atoms with Gasteiger partial charge < -0.3 is 10.1 Å². The van der Waals surface area contributed by atoms with Crippen LogP contribution in [0.4, 0.5) is 0 Å². The number of aromatic nitrogens is 1. The molecule has 31 heavy (non-hydrogen) atoms. The molecule has 0 bridgehead atoms. The van der Waals surface area contributed by atoms with Crippen LogP contribution in [0.15, 0.2) is 65.9 Å². The van der Waals surface area contributed by atoms with E-state index >= 15 is 0 Å². The van der Waals surface area contributed by atoms with Gasteiger partial charge in [-0.05, 0) is 66.9 Å². The highest BCUT2D eigenvalue weighted by Gasteiger charge is 2.21. The van der Waals surface area contributed by atoms with E-state index in [2.05, 4.69) is 10.1 Å². The SMILES string of the molecule is Cc1cc(/C(C[C@@H](c2ccc(C(=O)N(C)C)cc2)c2ccc(Cl)cc2C)=N/O)ccn1. The molecule has 0 spiro atoms. The van der Waals surface area contributed by atoms with Crippen LogP contribution in [0, 0.1) is 13.8 Å². The number of benzene rings is 2. The molecule has 0 fully saturated rings. The van der Waals surface area contributed by atoms with Crippen LogP contribution in [-0.4, -0.2) is 40.8 Å². The van der Waals surface area contributed by atoms with Gasteiger partial charge in [-0.2, -0.15) is 0 Å². The maximum absolute atomic E-state index is 12.3. The summed E-state index contributed by atoms with van der Waals surface area (Å²) >= 11 is 6.19. The summed E-state index contributed by atoms with van der Waals surface area (Å²) in [4.78, 5) is 18.1. The number of carbonyl (C=O) groups is 1. The molecule has 1 aromatic heterocycles. The molecule has 0 aliphatic rings. The van der Waals surface area contributed by atoms with E-state index in [0.29, 0.717) is 22.7 Å². The van der Waals surface area contributed by atoms with E-state index < -0.39 is 0 Å². The molecule has 6 heteroatoms. The van der Waals surface area contributed by atoms with Crippen molar-refractivity contribution in [3.05, 3.63) is 99.3 Å². The van der Waals surface area contributed by atoms with Gasteiger partial charge >= 0.3 is 0 Å². The standard InChI is InChI=1S/C25H26ClN3O2/c1-16-13-21(26)9-10-22(16)23(15-24(28-31)20-11-12-27-17(2)14-20)18-5-7-19(8-6-18)25(30)29(3)4/h5-14,23,31H,15H2,1-4H3/b28-24+/t23-/m0/s1. The van der Waals surface area contributed by atoms with Gasteiger partial charge in [-0.25, -0.2) is 0 Å². The molecule has 1 heterocycles. The van der Waals surface area contributed by atoms with Gasteiger partial charge in [0.25, 0.3) is 5.91 Å². The zero-order valence-electron chi connectivity index (χ0n) is 18.1.